The number of esters is 1. The van der Waals surface area contributed by atoms with Gasteiger partial charge in [0, 0.05) is 12.2 Å². The molecule has 1 atom stereocenters. The first-order valence-electron chi connectivity index (χ1n) is 4.10. The van der Waals surface area contributed by atoms with E-state index in [9.17, 15) is 14.4 Å². The van der Waals surface area contributed by atoms with Gasteiger partial charge >= 0.3 is 18.0 Å². The number of carboxylic acid groups (broad SMARTS) is 1. The van der Waals surface area contributed by atoms with Gasteiger partial charge in [-0.25, -0.2) is 14.4 Å². The van der Waals surface area contributed by atoms with Crippen molar-refractivity contribution < 1.29 is 29.0 Å². The monoisotopic (exact) mass is 215 g/mol. The van der Waals surface area contributed by atoms with Gasteiger partial charge in [-0.05, 0) is 0 Å². The summed E-state index contributed by atoms with van der Waals surface area (Å²) in [6.07, 6.45) is 0.380. The van der Waals surface area contributed by atoms with Crippen LogP contribution < -0.4 is 5.32 Å². The maximum atomic E-state index is 10.9. The van der Waals surface area contributed by atoms with Gasteiger partial charge in [0.05, 0.1) is 6.54 Å². The lowest BCUT2D eigenvalue weighted by Gasteiger charge is -2.06. The summed E-state index contributed by atoms with van der Waals surface area (Å²) in [5.74, 6) is -2.03. The van der Waals surface area contributed by atoms with Crippen LogP contribution in [0.25, 0.3) is 0 Å². The van der Waals surface area contributed by atoms with Gasteiger partial charge in [0.15, 0.2) is 6.10 Å². The molecule has 1 aliphatic rings. The van der Waals surface area contributed by atoms with E-state index in [1.54, 1.807) is 0 Å². The van der Waals surface area contributed by atoms with E-state index in [2.05, 4.69) is 14.8 Å². The van der Waals surface area contributed by atoms with E-state index in [0.717, 1.165) is 6.08 Å². The molecule has 82 valence electrons. The Morgan fingerprint density at radius 3 is 2.87 bits per heavy atom. The fourth-order valence-corrected chi connectivity index (χ4v) is 0.887. The summed E-state index contributed by atoms with van der Waals surface area (Å²) in [5.41, 5.74) is 0. The first kappa shape index (κ1) is 11.0. The molecule has 0 spiro atoms. The number of aliphatic carboxylic acids is 1. The summed E-state index contributed by atoms with van der Waals surface area (Å²) in [6, 6.07) is 0. The van der Waals surface area contributed by atoms with E-state index < -0.39 is 24.1 Å². The molecule has 0 saturated carbocycles. The fourth-order valence-electron chi connectivity index (χ4n) is 0.887. The summed E-state index contributed by atoms with van der Waals surface area (Å²) in [4.78, 5) is 31.4. The zero-order valence-electron chi connectivity index (χ0n) is 7.63. The molecule has 15 heavy (non-hydrogen) atoms. The van der Waals surface area contributed by atoms with Crippen LogP contribution in [0, 0.1) is 0 Å². The molecule has 0 aromatic carbocycles. The number of nitrogens with one attached hydrogen (secondary N) is 1. The number of carbonyl (C=O) groups is 3. The van der Waals surface area contributed by atoms with Crippen LogP contribution in [0.1, 0.15) is 0 Å². The number of amides is 1. The van der Waals surface area contributed by atoms with Gasteiger partial charge in [-0.2, -0.15) is 0 Å². The van der Waals surface area contributed by atoms with Crippen molar-refractivity contribution in [1.82, 2.24) is 5.32 Å². The smallest absolute Gasteiger partial charge is 0.407 e. The largest absolute Gasteiger partial charge is 0.478 e. The van der Waals surface area contributed by atoms with Gasteiger partial charge in [-0.3, -0.25) is 0 Å². The van der Waals surface area contributed by atoms with E-state index in [1.807, 2.05) is 0 Å². The molecule has 1 amide bonds. The third-order valence-corrected chi connectivity index (χ3v) is 1.52. The molecule has 1 rings (SSSR count). The standard InChI is InChI=1S/C8H9NO6/c10-6(11)1-2-7(12)14-4-5-3-9-8(13)15-5/h1-2,5H,3-4H2,(H,9,13)(H,10,11). The Hall–Kier alpha value is -2.05. The normalized spacial score (nSPS) is 19.7. The van der Waals surface area contributed by atoms with Crippen molar-refractivity contribution >= 4 is 18.0 Å². The van der Waals surface area contributed by atoms with Crippen LogP contribution in [0.5, 0.6) is 0 Å². The fraction of sp³-hybridized carbons (Fsp3) is 0.375. The Balaban J connectivity index is 2.22. The highest BCUT2D eigenvalue weighted by Crippen LogP contribution is 2.00. The zero-order valence-corrected chi connectivity index (χ0v) is 7.63. The summed E-state index contributed by atoms with van der Waals surface area (Å²) in [6.45, 7) is 0.177. The van der Waals surface area contributed by atoms with Gasteiger partial charge in [0.2, 0.25) is 0 Å². The highest BCUT2D eigenvalue weighted by molar-refractivity contribution is 5.90. The molecule has 7 heteroatoms. The quantitative estimate of drug-likeness (QED) is 0.474. The van der Waals surface area contributed by atoms with Gasteiger partial charge in [0.1, 0.15) is 6.61 Å². The summed E-state index contributed by atoms with van der Waals surface area (Å²) in [5, 5.41) is 10.6. The third kappa shape index (κ3) is 4.12. The van der Waals surface area contributed by atoms with Crippen molar-refractivity contribution in [3.63, 3.8) is 0 Å². The van der Waals surface area contributed by atoms with Crippen LogP contribution in [-0.4, -0.2) is 42.4 Å². The second kappa shape index (κ2) is 4.99. The van der Waals surface area contributed by atoms with Crippen molar-refractivity contribution in [2.75, 3.05) is 13.2 Å². The summed E-state index contributed by atoms with van der Waals surface area (Å²) in [7, 11) is 0. The van der Waals surface area contributed by atoms with Crippen LogP contribution in [-0.2, 0) is 19.1 Å². The second-order valence-corrected chi connectivity index (χ2v) is 2.71. The number of hydrogen-bond acceptors (Lipinski definition) is 5. The molecule has 0 bridgehead atoms. The highest BCUT2D eigenvalue weighted by Gasteiger charge is 2.23. The number of carbonyl (C=O) groups excluding carboxylic acids is 2. The first-order valence-corrected chi connectivity index (χ1v) is 4.10. The summed E-state index contributed by atoms with van der Waals surface area (Å²) >= 11 is 0. The van der Waals surface area contributed by atoms with Crippen LogP contribution >= 0.6 is 0 Å². The van der Waals surface area contributed by atoms with Crippen molar-refractivity contribution in [3.05, 3.63) is 12.2 Å². The lowest BCUT2D eigenvalue weighted by Crippen LogP contribution is -2.21. The van der Waals surface area contributed by atoms with Crippen LogP contribution in [0.15, 0.2) is 12.2 Å². The number of hydrogen-bond donors (Lipinski definition) is 2. The second-order valence-electron chi connectivity index (χ2n) is 2.71. The molecule has 0 aromatic rings. The van der Waals surface area contributed by atoms with Gasteiger partial charge in [-0.1, -0.05) is 0 Å². The molecule has 0 aliphatic carbocycles. The number of alkyl carbamates (subject to hydrolysis) is 1. The molecule has 0 radical (unpaired) electrons. The maximum Gasteiger partial charge on any atom is 0.407 e. The number of ether oxygens (including phenoxy) is 2. The average Bonchev–Trinajstić information content (AvgIpc) is 2.58. The Morgan fingerprint density at radius 1 is 1.60 bits per heavy atom. The Kier molecular flexibility index (Phi) is 3.67. The molecular weight excluding hydrogens is 206 g/mol. The maximum absolute atomic E-state index is 10.9. The van der Waals surface area contributed by atoms with Crippen LogP contribution in [0.3, 0.4) is 0 Å². The van der Waals surface area contributed by atoms with E-state index in [4.69, 9.17) is 5.11 Å². The van der Waals surface area contributed by atoms with Crippen LogP contribution in [0.2, 0.25) is 0 Å². The third-order valence-electron chi connectivity index (χ3n) is 1.52. The lowest BCUT2D eigenvalue weighted by atomic mass is 10.4. The lowest BCUT2D eigenvalue weighted by molar-refractivity contribution is -0.140. The van der Waals surface area contributed by atoms with E-state index in [0.29, 0.717) is 6.08 Å². The topological polar surface area (TPSA) is 102 Å². The molecule has 1 unspecified atom stereocenters. The van der Waals surface area contributed by atoms with Crippen molar-refractivity contribution in [2.45, 2.75) is 6.10 Å². The zero-order chi connectivity index (χ0) is 11.3. The van der Waals surface area contributed by atoms with E-state index in [-0.39, 0.29) is 13.2 Å². The van der Waals surface area contributed by atoms with Gasteiger partial charge in [-0.15, -0.1) is 0 Å². The van der Waals surface area contributed by atoms with Crippen molar-refractivity contribution in [2.24, 2.45) is 0 Å². The molecule has 0 aromatic heterocycles. The number of carboxylic acids is 1. The minimum atomic E-state index is -1.24. The number of rotatable bonds is 4. The SMILES string of the molecule is O=C(O)C=CC(=O)OCC1CNC(=O)O1. The molecule has 1 aliphatic heterocycles. The predicted molar refractivity (Wildman–Crippen MR) is 46.0 cm³/mol. The number of cyclic esters (lactones) is 1. The minimum Gasteiger partial charge on any atom is -0.478 e. The Morgan fingerprint density at radius 2 is 2.33 bits per heavy atom. The Labute approximate surface area is 84.7 Å². The Bertz CT molecular complexity index is 310. The van der Waals surface area contributed by atoms with Crippen molar-refractivity contribution in [1.29, 1.82) is 0 Å². The van der Waals surface area contributed by atoms with E-state index >= 15 is 0 Å². The molecule has 1 saturated heterocycles. The highest BCUT2D eigenvalue weighted by atomic mass is 16.6. The van der Waals surface area contributed by atoms with Gasteiger partial charge in [0.25, 0.3) is 0 Å². The molecule has 7 nitrogen and oxygen atoms in total. The summed E-state index contributed by atoms with van der Waals surface area (Å²) < 4.78 is 9.29. The van der Waals surface area contributed by atoms with Crippen LogP contribution in [0.4, 0.5) is 4.79 Å². The molecule has 2 N–H and O–H groups in total. The average molecular weight is 215 g/mol. The van der Waals surface area contributed by atoms with Crippen molar-refractivity contribution in [3.8, 4) is 0 Å². The minimum absolute atomic E-state index is 0.0957. The molecule has 1 heterocycles. The van der Waals surface area contributed by atoms with Gasteiger partial charge < -0.3 is 19.9 Å². The first-order chi connectivity index (χ1) is 7.08. The van der Waals surface area contributed by atoms with E-state index in [1.165, 1.54) is 0 Å². The molecular formula is C8H9NO6. The molecule has 1 fully saturated rings. The predicted octanol–water partition coefficient (Wildman–Crippen LogP) is -0.721.